The van der Waals surface area contributed by atoms with Gasteiger partial charge in [0.1, 0.15) is 18.3 Å². The molecule has 2 heterocycles. The van der Waals surface area contributed by atoms with Gasteiger partial charge in [-0.15, -0.1) is 0 Å². The van der Waals surface area contributed by atoms with Gasteiger partial charge in [0.05, 0.1) is 41.6 Å². The smallest absolute Gasteiger partial charge is 0.407 e. The highest BCUT2D eigenvalue weighted by Crippen LogP contribution is 2.40. The third-order valence-electron chi connectivity index (χ3n) is 13.9. The molecule has 1 aromatic rings. The van der Waals surface area contributed by atoms with Gasteiger partial charge in [-0.2, -0.15) is 0 Å². The Balaban J connectivity index is 1.69. The summed E-state index contributed by atoms with van der Waals surface area (Å²) >= 11 is 0. The van der Waals surface area contributed by atoms with Crippen molar-refractivity contribution in [1.82, 2.24) is 10.2 Å². The van der Waals surface area contributed by atoms with Crippen LogP contribution in [-0.2, 0) is 35.1 Å². The lowest BCUT2D eigenvalue weighted by molar-refractivity contribution is -0.296. The van der Waals surface area contributed by atoms with Crippen molar-refractivity contribution >= 4 is 17.8 Å². The predicted molar refractivity (Wildman–Crippen MR) is 232 cm³/mol. The van der Waals surface area contributed by atoms with E-state index in [9.17, 15) is 24.9 Å². The zero-order valence-corrected chi connectivity index (χ0v) is 38.5. The monoisotopic (exact) mass is 846 g/mol. The second-order valence-corrected chi connectivity index (χ2v) is 19.1. The molecule has 0 radical (unpaired) electrons. The number of nitrogens with one attached hydrogen (secondary N) is 1. The Bertz CT molecular complexity index is 1500. The van der Waals surface area contributed by atoms with Crippen LogP contribution in [0.25, 0.3) is 0 Å². The Hall–Kier alpha value is -2.81. The van der Waals surface area contributed by atoms with Gasteiger partial charge in [0.25, 0.3) is 0 Å². The van der Waals surface area contributed by atoms with Crippen molar-refractivity contribution in [2.24, 2.45) is 40.7 Å². The molecule has 0 bridgehead atoms. The van der Waals surface area contributed by atoms with E-state index in [1.165, 1.54) is 39.0 Å². The van der Waals surface area contributed by atoms with Crippen LogP contribution in [0, 0.1) is 35.5 Å². The molecule has 0 aromatic heterocycles. The summed E-state index contributed by atoms with van der Waals surface area (Å²) in [6.07, 6.45) is 3.02. The van der Waals surface area contributed by atoms with Crippen LogP contribution >= 0.6 is 0 Å². The largest absolute Gasteiger partial charge is 0.459 e. The minimum absolute atomic E-state index is 0.122. The van der Waals surface area contributed by atoms with Crippen LogP contribution in [0.2, 0.25) is 0 Å². The third-order valence-corrected chi connectivity index (χ3v) is 13.9. The van der Waals surface area contributed by atoms with Crippen LogP contribution in [0.5, 0.6) is 0 Å². The number of carbonyl (C=O) groups excluding carboxylic acids is 2. The number of amides is 1. The maximum atomic E-state index is 13.9. The Morgan fingerprint density at radius 3 is 2.28 bits per heavy atom. The number of rotatable bonds is 12. The molecule has 0 unspecified atom stereocenters. The number of aliphatic hydroxyl groups is 3. The standard InChI is InChI=1S/C47H79N3O10/c1-12-38-47(9,55)41(51)34(7)39(49-56-25-19-24-35-20-15-13-16-21-35)29(2)27-46(8,54)42(32(5)31(4)33(6)43(52)58-38)60-44-40(37(50(10)11)26-30(3)57-44)59-45(53)48-28-36-22-17-14-18-23-36/h14,17-18,22-23,29-35,37-38,40-42,44,51,54-55H,12-13,15-16,19-21,24-28H2,1-11H3,(H,48,53)/b49-39-/t29-,30-,31+,32+,33-,34+,37+,38-,40-,41-,42-,44+,46-,47-/m1/s1. The van der Waals surface area contributed by atoms with Gasteiger partial charge in [-0.1, -0.05) is 109 Å². The van der Waals surface area contributed by atoms with Gasteiger partial charge in [-0.05, 0) is 90.3 Å². The highest BCUT2D eigenvalue weighted by molar-refractivity contribution is 5.88. The van der Waals surface area contributed by atoms with E-state index in [-0.39, 0.29) is 31.5 Å². The molecule has 2 saturated heterocycles. The molecular formula is C47H79N3O10. The molecule has 4 rings (SSSR count). The fraction of sp³-hybridized carbons (Fsp3) is 0.809. The molecule has 2 aliphatic heterocycles. The Kier molecular flexibility index (Phi) is 18.7. The number of carbonyl (C=O) groups is 2. The normalized spacial score (nSPS) is 38.5. The Morgan fingerprint density at radius 1 is 0.983 bits per heavy atom. The van der Waals surface area contributed by atoms with Crippen LogP contribution in [0.4, 0.5) is 4.79 Å². The van der Waals surface area contributed by atoms with Crippen LogP contribution in [0.15, 0.2) is 35.5 Å². The molecule has 3 aliphatic rings. The lowest BCUT2D eigenvalue weighted by atomic mass is 9.72. The average molecular weight is 846 g/mol. The molecule has 1 amide bonds. The first-order valence-electron chi connectivity index (χ1n) is 22.8. The molecule has 342 valence electrons. The summed E-state index contributed by atoms with van der Waals surface area (Å²) in [4.78, 5) is 35.3. The molecule has 0 spiro atoms. The van der Waals surface area contributed by atoms with Gasteiger partial charge in [0.15, 0.2) is 12.4 Å². The summed E-state index contributed by atoms with van der Waals surface area (Å²) in [5, 5.41) is 44.1. The second kappa shape index (κ2) is 22.5. The molecule has 60 heavy (non-hydrogen) atoms. The number of hydrogen-bond acceptors (Lipinski definition) is 12. The van der Waals surface area contributed by atoms with Gasteiger partial charge in [-0.25, -0.2) is 4.79 Å². The maximum absolute atomic E-state index is 13.9. The van der Waals surface area contributed by atoms with Crippen molar-refractivity contribution in [2.75, 3.05) is 20.7 Å². The number of likely N-dealkylation sites (N-methyl/N-ethyl adjacent to an activating group) is 1. The minimum Gasteiger partial charge on any atom is -0.459 e. The number of oxime groups is 1. The number of ether oxygens (including phenoxy) is 4. The Morgan fingerprint density at radius 2 is 1.65 bits per heavy atom. The molecule has 13 heteroatoms. The SMILES string of the molecule is CC[C@H]1OC(=O)[C@H](C)[C@@H](C)[C@H](C)[C@@H](O[C@@H]2O[C@H](C)C[C@H](N(C)C)[C@H]2OC(=O)NCc2ccccc2)[C@](C)(O)C[C@@H](C)/C(=N/OCCCC2CCCCC2)[C@H](C)[C@@H](O)[C@]1(C)O. The predicted octanol–water partition coefficient (Wildman–Crippen LogP) is 7.23. The van der Waals surface area contributed by atoms with Crippen molar-refractivity contribution < 1.29 is 48.7 Å². The second-order valence-electron chi connectivity index (χ2n) is 19.1. The highest BCUT2D eigenvalue weighted by atomic mass is 16.7. The average Bonchev–Trinajstić information content (AvgIpc) is 3.21. The zero-order valence-electron chi connectivity index (χ0n) is 38.5. The minimum atomic E-state index is -1.82. The number of benzene rings is 1. The van der Waals surface area contributed by atoms with Crippen molar-refractivity contribution in [3.8, 4) is 0 Å². The van der Waals surface area contributed by atoms with Gasteiger partial charge < -0.3 is 49.3 Å². The van der Waals surface area contributed by atoms with Crippen LogP contribution < -0.4 is 5.32 Å². The third kappa shape index (κ3) is 13.1. The van der Waals surface area contributed by atoms with Crippen molar-refractivity contribution in [3.05, 3.63) is 35.9 Å². The molecule has 13 nitrogen and oxygen atoms in total. The lowest BCUT2D eigenvalue weighted by Crippen LogP contribution is -2.60. The first kappa shape index (κ1) is 49.8. The number of esters is 1. The van der Waals surface area contributed by atoms with E-state index in [2.05, 4.69) is 10.5 Å². The van der Waals surface area contributed by atoms with Gasteiger partial charge in [-0.3, -0.25) is 4.79 Å². The van der Waals surface area contributed by atoms with Crippen molar-refractivity contribution in [1.29, 1.82) is 0 Å². The van der Waals surface area contributed by atoms with E-state index in [0.29, 0.717) is 24.7 Å². The van der Waals surface area contributed by atoms with Gasteiger partial charge in [0, 0.05) is 18.4 Å². The van der Waals surface area contributed by atoms with E-state index in [4.69, 9.17) is 23.8 Å². The summed E-state index contributed by atoms with van der Waals surface area (Å²) in [6, 6.07) is 9.28. The molecule has 1 aliphatic carbocycles. The van der Waals surface area contributed by atoms with Crippen molar-refractivity contribution in [3.63, 3.8) is 0 Å². The Labute approximate surface area is 360 Å². The van der Waals surface area contributed by atoms with Crippen LogP contribution in [0.1, 0.15) is 132 Å². The lowest BCUT2D eigenvalue weighted by Gasteiger charge is -2.48. The molecule has 1 saturated carbocycles. The number of nitrogens with zero attached hydrogens (tertiary/aromatic N) is 2. The first-order valence-corrected chi connectivity index (χ1v) is 22.8. The fourth-order valence-electron chi connectivity index (χ4n) is 9.85. The van der Waals surface area contributed by atoms with Crippen LogP contribution in [-0.4, -0.2) is 113 Å². The number of alkyl carbamates (subject to hydrolysis) is 1. The number of cyclic esters (lactones) is 1. The van der Waals surface area contributed by atoms with Crippen molar-refractivity contribution in [2.45, 2.75) is 187 Å². The topological polar surface area (TPSA) is 169 Å². The highest BCUT2D eigenvalue weighted by Gasteiger charge is 2.51. The summed E-state index contributed by atoms with van der Waals surface area (Å²) in [5.41, 5.74) is -2.01. The molecule has 3 fully saturated rings. The maximum Gasteiger partial charge on any atom is 0.407 e. The summed E-state index contributed by atoms with van der Waals surface area (Å²) < 4.78 is 25.6. The van der Waals surface area contributed by atoms with E-state index >= 15 is 0 Å². The van der Waals surface area contributed by atoms with E-state index in [0.717, 1.165) is 18.4 Å². The van der Waals surface area contributed by atoms with E-state index < -0.39 is 83.6 Å². The first-order chi connectivity index (χ1) is 28.3. The molecular weight excluding hydrogens is 767 g/mol. The zero-order chi connectivity index (χ0) is 44.4. The van der Waals surface area contributed by atoms with Gasteiger partial charge >= 0.3 is 12.1 Å². The quantitative estimate of drug-likeness (QED) is 0.0952. The number of hydrogen-bond donors (Lipinski definition) is 4. The summed E-state index contributed by atoms with van der Waals surface area (Å²) in [6.45, 7) is 17.0. The molecule has 14 atom stereocenters. The van der Waals surface area contributed by atoms with E-state index in [1.54, 1.807) is 20.8 Å². The molecule has 4 N–H and O–H groups in total. The van der Waals surface area contributed by atoms with Gasteiger partial charge in [0.2, 0.25) is 0 Å². The summed E-state index contributed by atoms with van der Waals surface area (Å²) in [7, 11) is 3.84. The fourth-order valence-corrected chi connectivity index (χ4v) is 9.85. The van der Waals surface area contributed by atoms with Crippen LogP contribution in [0.3, 0.4) is 0 Å². The molecule has 1 aromatic carbocycles. The van der Waals surface area contributed by atoms with E-state index in [1.807, 2.05) is 83.9 Å². The number of aliphatic hydroxyl groups excluding tert-OH is 1. The summed E-state index contributed by atoms with van der Waals surface area (Å²) in [5.74, 6) is -2.60.